The Morgan fingerprint density at radius 1 is 0.703 bits per heavy atom. The summed E-state index contributed by atoms with van der Waals surface area (Å²) in [7, 11) is 0. The molecular weight excluding hydrogens is 496 g/mol. The molecule has 0 spiro atoms. The maximum absolute atomic E-state index is 12.5. The van der Waals surface area contributed by atoms with E-state index in [-0.39, 0.29) is 11.1 Å². The number of rotatable bonds is 14. The second-order valence-corrected chi connectivity index (χ2v) is 8.51. The van der Waals surface area contributed by atoms with Gasteiger partial charge in [0.05, 0.1) is 12.7 Å². The highest BCUT2D eigenvalue weighted by Crippen LogP contribution is 2.49. The zero-order valence-corrected chi connectivity index (χ0v) is 21.7. The highest BCUT2D eigenvalue weighted by molar-refractivity contribution is 5.89. The van der Waals surface area contributed by atoms with E-state index in [1.54, 1.807) is 0 Å². The zero-order chi connectivity index (χ0) is 29.5. The van der Waals surface area contributed by atoms with Gasteiger partial charge in [-0.05, 0) is 41.5 Å². The summed E-state index contributed by atoms with van der Waals surface area (Å²) in [5, 5.41) is 44.6. The fourth-order valence-corrected chi connectivity index (χ4v) is 2.47. The van der Waals surface area contributed by atoms with Gasteiger partial charge >= 0.3 is 35.8 Å². The number of ether oxygens (including phenoxy) is 5. The highest BCUT2D eigenvalue weighted by atomic mass is 16.9. The van der Waals surface area contributed by atoms with Crippen LogP contribution in [0, 0.1) is 5.41 Å². The van der Waals surface area contributed by atoms with Gasteiger partial charge in [-0.25, -0.2) is 19.2 Å². The number of carbonyl (C=O) groups excluding carboxylic acids is 4. The molecule has 0 fully saturated rings. The van der Waals surface area contributed by atoms with Crippen molar-refractivity contribution < 1.29 is 63.3 Å². The first-order valence-electron chi connectivity index (χ1n) is 10.7. The molecule has 0 saturated carbocycles. The fraction of sp³-hybridized carbons (Fsp3) is 0.500. The average molecular weight is 531 g/mol. The molecule has 13 heteroatoms. The number of hydrogen-bond acceptors (Lipinski definition) is 13. The molecule has 0 aliphatic rings. The SMILES string of the molecule is C=C(C)C(=O)OC(O)C(CO)(C(O)(OC(=O)C(=C)C)OC(=O)C(=C)C)C(O)(OC(=O)C(=C)C)OC(C)C. The molecule has 3 atom stereocenters. The summed E-state index contributed by atoms with van der Waals surface area (Å²) in [4.78, 5) is 49.7. The minimum absolute atomic E-state index is 0.320. The van der Waals surface area contributed by atoms with Gasteiger partial charge in [0, 0.05) is 22.3 Å². The molecule has 13 nitrogen and oxygen atoms in total. The van der Waals surface area contributed by atoms with Gasteiger partial charge in [0.2, 0.25) is 6.29 Å². The van der Waals surface area contributed by atoms with Gasteiger partial charge in [-0.1, -0.05) is 26.3 Å². The Balaban J connectivity index is 7.72. The van der Waals surface area contributed by atoms with Crippen molar-refractivity contribution in [2.45, 2.75) is 65.9 Å². The van der Waals surface area contributed by atoms with Crippen molar-refractivity contribution in [1.82, 2.24) is 0 Å². The van der Waals surface area contributed by atoms with Crippen molar-refractivity contribution in [1.29, 1.82) is 0 Å². The molecular formula is C24H34O13. The molecule has 0 aromatic carbocycles. The standard InChI is InChI=1S/C24H34O13/c1-12(2)17(26)33-21(30)22(11-25,23(31,34-16(9)10)35-18(27)13(3)4)24(32,36-19(28)14(5)6)37-20(29)15(7)8/h16,21,25,30-32H,1,3,5,7,11H2,2,4,6,8-10H3. The molecule has 3 unspecified atom stereocenters. The van der Waals surface area contributed by atoms with E-state index in [0.717, 1.165) is 27.7 Å². The monoisotopic (exact) mass is 530 g/mol. The smallest absolute Gasteiger partial charge is 0.398 e. The van der Waals surface area contributed by atoms with Crippen LogP contribution in [0.2, 0.25) is 0 Å². The van der Waals surface area contributed by atoms with Crippen LogP contribution in [0.1, 0.15) is 41.5 Å². The second kappa shape index (κ2) is 12.7. The number of aliphatic hydroxyl groups excluding tert-OH is 2. The van der Waals surface area contributed by atoms with Gasteiger partial charge in [-0.15, -0.1) is 0 Å². The van der Waals surface area contributed by atoms with Crippen molar-refractivity contribution in [2.24, 2.45) is 5.41 Å². The third-order valence-electron chi connectivity index (χ3n) is 4.50. The molecule has 0 amide bonds. The van der Waals surface area contributed by atoms with Gasteiger partial charge in [-0.2, -0.15) is 0 Å². The summed E-state index contributed by atoms with van der Waals surface area (Å²) >= 11 is 0. The highest BCUT2D eigenvalue weighted by Gasteiger charge is 2.78. The first-order chi connectivity index (χ1) is 16.7. The van der Waals surface area contributed by atoms with Crippen molar-refractivity contribution in [3.05, 3.63) is 48.6 Å². The van der Waals surface area contributed by atoms with Crippen LogP contribution in [-0.4, -0.2) is 75.3 Å². The van der Waals surface area contributed by atoms with Crippen LogP contribution in [0.5, 0.6) is 0 Å². The lowest BCUT2D eigenvalue weighted by Crippen LogP contribution is -2.74. The fourth-order valence-electron chi connectivity index (χ4n) is 2.47. The van der Waals surface area contributed by atoms with Gasteiger partial charge in [-0.3, -0.25) is 0 Å². The molecule has 0 heterocycles. The van der Waals surface area contributed by atoms with E-state index in [1.807, 2.05) is 0 Å². The third-order valence-corrected chi connectivity index (χ3v) is 4.50. The summed E-state index contributed by atoms with van der Waals surface area (Å²) in [6.45, 7) is 18.5. The molecule has 0 aromatic rings. The molecule has 208 valence electrons. The minimum atomic E-state index is -4.00. The topological polar surface area (TPSA) is 195 Å². The van der Waals surface area contributed by atoms with Gasteiger partial charge < -0.3 is 44.1 Å². The average Bonchev–Trinajstić information content (AvgIpc) is 2.72. The van der Waals surface area contributed by atoms with Crippen molar-refractivity contribution in [3.63, 3.8) is 0 Å². The van der Waals surface area contributed by atoms with Crippen LogP contribution < -0.4 is 0 Å². The van der Waals surface area contributed by atoms with Gasteiger partial charge in [0.25, 0.3) is 5.41 Å². The Hall–Kier alpha value is -3.36. The van der Waals surface area contributed by atoms with Crippen molar-refractivity contribution >= 4 is 23.9 Å². The molecule has 0 aliphatic heterocycles. The minimum Gasteiger partial charge on any atom is -0.431 e. The molecule has 0 aliphatic carbocycles. The second-order valence-electron chi connectivity index (χ2n) is 8.51. The Kier molecular flexibility index (Phi) is 11.6. The van der Waals surface area contributed by atoms with Gasteiger partial charge in [0.1, 0.15) is 0 Å². The first-order valence-corrected chi connectivity index (χ1v) is 10.7. The van der Waals surface area contributed by atoms with Crippen LogP contribution >= 0.6 is 0 Å². The molecule has 0 radical (unpaired) electrons. The lowest BCUT2D eigenvalue weighted by atomic mass is 9.80. The van der Waals surface area contributed by atoms with Crippen LogP contribution in [0.15, 0.2) is 48.6 Å². The molecule has 4 N–H and O–H groups in total. The molecule has 0 aromatic heterocycles. The van der Waals surface area contributed by atoms with E-state index < -0.39 is 71.4 Å². The van der Waals surface area contributed by atoms with Crippen molar-refractivity contribution in [2.75, 3.05) is 6.61 Å². The zero-order valence-electron chi connectivity index (χ0n) is 21.7. The van der Waals surface area contributed by atoms with Crippen LogP contribution in [0.3, 0.4) is 0 Å². The third kappa shape index (κ3) is 7.57. The van der Waals surface area contributed by atoms with E-state index in [2.05, 4.69) is 26.3 Å². The van der Waals surface area contributed by atoms with E-state index in [0.29, 0.717) is 0 Å². The maximum Gasteiger partial charge on any atom is 0.398 e. The summed E-state index contributed by atoms with van der Waals surface area (Å²) in [5.74, 6) is -13.5. The number of esters is 4. The van der Waals surface area contributed by atoms with E-state index >= 15 is 0 Å². The number of aliphatic hydroxyl groups is 4. The predicted octanol–water partition coefficient (Wildman–Crippen LogP) is 0.478. The molecule has 37 heavy (non-hydrogen) atoms. The Morgan fingerprint density at radius 2 is 1.03 bits per heavy atom. The van der Waals surface area contributed by atoms with Crippen LogP contribution in [-0.2, 0) is 42.9 Å². The summed E-state index contributed by atoms with van der Waals surface area (Å²) in [5.41, 5.74) is -5.11. The largest absolute Gasteiger partial charge is 0.431 e. The van der Waals surface area contributed by atoms with E-state index in [9.17, 15) is 39.6 Å². The van der Waals surface area contributed by atoms with Crippen LogP contribution in [0.4, 0.5) is 0 Å². The quantitative estimate of drug-likeness (QED) is 0.105. The summed E-state index contributed by atoms with van der Waals surface area (Å²) in [6, 6.07) is 0. The van der Waals surface area contributed by atoms with E-state index in [1.165, 1.54) is 13.8 Å². The summed E-state index contributed by atoms with van der Waals surface area (Å²) in [6.07, 6.45) is -4.14. The lowest BCUT2D eigenvalue weighted by Gasteiger charge is -2.50. The molecule has 0 saturated heterocycles. The first kappa shape index (κ1) is 33.6. The Morgan fingerprint density at radius 3 is 1.30 bits per heavy atom. The summed E-state index contributed by atoms with van der Waals surface area (Å²) < 4.78 is 24.7. The maximum atomic E-state index is 12.5. The molecule has 0 rings (SSSR count). The van der Waals surface area contributed by atoms with Crippen LogP contribution in [0.25, 0.3) is 0 Å². The lowest BCUT2D eigenvalue weighted by molar-refractivity contribution is -0.517. The number of carbonyl (C=O) groups is 4. The number of hydrogen-bond donors (Lipinski definition) is 4. The molecule has 0 bridgehead atoms. The Labute approximate surface area is 214 Å². The van der Waals surface area contributed by atoms with Crippen molar-refractivity contribution in [3.8, 4) is 0 Å². The normalized spacial score (nSPS) is 15.3. The van der Waals surface area contributed by atoms with Gasteiger partial charge in [0.15, 0.2) is 0 Å². The Bertz CT molecular complexity index is 951. The predicted molar refractivity (Wildman–Crippen MR) is 125 cm³/mol. The van der Waals surface area contributed by atoms with E-state index in [4.69, 9.17) is 23.7 Å².